The molecule has 4 aliphatic heterocycles. The molecule has 2 bridgehead atoms. The minimum absolute atomic E-state index is 0.0773. The minimum atomic E-state index is -0.491. The minimum Gasteiger partial charge on any atom is -0.396 e. The standard InChI is InChI=1S/C19H32O4.C17H30O3/c1-11(2)12(3)8-13-6-7-16-19(21-13)9-14(20-16)17-15(10-19)22-18(4,5)23-17;1-12(2)13(3)10-15(19)7-8-17-14(4)11-16(20-17)6-5-9-18/h11-17H,6-10H2,1-5H3;13,15-19H,1,4-11H2,2-3H3/t12-,13?,14-,15-,16+,17+,19-;13-,15-,16+,17+/m11/s1. The molecule has 0 radical (unpaired) electrons. The van der Waals surface area contributed by atoms with Crippen LogP contribution < -0.4 is 0 Å². The van der Waals surface area contributed by atoms with Gasteiger partial charge in [0.15, 0.2) is 5.79 Å². The Labute approximate surface area is 261 Å². The molecule has 1 unspecified atom stereocenters. The topological polar surface area (TPSA) is 86.6 Å². The highest BCUT2D eigenvalue weighted by molar-refractivity contribution is 5.12. The summed E-state index contributed by atoms with van der Waals surface area (Å²) in [6.45, 7) is 23.3. The first-order chi connectivity index (χ1) is 20.2. The third-order valence-corrected chi connectivity index (χ3v) is 10.7. The molecule has 0 aromatic rings. The number of allylic oxidation sites excluding steroid dienone is 1. The molecular weight excluding hydrogens is 544 g/mol. The van der Waals surface area contributed by atoms with Crippen LogP contribution in [0.1, 0.15) is 119 Å². The average molecular weight is 607 g/mol. The highest BCUT2D eigenvalue weighted by atomic mass is 16.8. The van der Waals surface area contributed by atoms with Crippen LogP contribution in [0.25, 0.3) is 0 Å². The van der Waals surface area contributed by atoms with Gasteiger partial charge in [-0.05, 0) is 102 Å². The van der Waals surface area contributed by atoms with Gasteiger partial charge in [-0.3, -0.25) is 0 Å². The number of hydrogen-bond donors (Lipinski definition) is 2. The van der Waals surface area contributed by atoms with Crippen molar-refractivity contribution in [3.05, 3.63) is 24.3 Å². The smallest absolute Gasteiger partial charge is 0.163 e. The van der Waals surface area contributed by atoms with Crippen LogP contribution in [0.2, 0.25) is 0 Å². The Balaban J connectivity index is 0.000000200. The predicted octanol–water partition coefficient (Wildman–Crippen LogP) is 6.88. The van der Waals surface area contributed by atoms with E-state index in [1.165, 1.54) is 0 Å². The van der Waals surface area contributed by atoms with Gasteiger partial charge in [0.1, 0.15) is 6.10 Å². The zero-order valence-electron chi connectivity index (χ0n) is 28.2. The fourth-order valence-corrected chi connectivity index (χ4v) is 7.66. The Morgan fingerprint density at radius 2 is 1.70 bits per heavy atom. The van der Waals surface area contributed by atoms with Crippen molar-refractivity contribution in [1.29, 1.82) is 0 Å². The number of rotatable bonds is 12. The zero-order chi connectivity index (χ0) is 31.5. The molecule has 1 spiro atoms. The molecule has 2 N–H and O–H groups in total. The van der Waals surface area contributed by atoms with Crippen LogP contribution >= 0.6 is 0 Å². The molecule has 11 atom stereocenters. The van der Waals surface area contributed by atoms with Gasteiger partial charge in [-0.25, -0.2) is 0 Å². The molecule has 5 aliphatic rings. The van der Waals surface area contributed by atoms with Crippen molar-refractivity contribution in [2.24, 2.45) is 17.8 Å². The number of aliphatic hydroxyl groups is 2. The first-order valence-corrected chi connectivity index (χ1v) is 17.2. The summed E-state index contributed by atoms with van der Waals surface area (Å²) >= 11 is 0. The molecule has 5 fully saturated rings. The Bertz CT molecular complexity index is 933. The third kappa shape index (κ3) is 8.93. The molecule has 1 saturated carbocycles. The first kappa shape index (κ1) is 35.1. The van der Waals surface area contributed by atoms with Crippen LogP contribution in [0.15, 0.2) is 24.3 Å². The molecule has 0 aromatic heterocycles. The van der Waals surface area contributed by atoms with Gasteiger partial charge in [0, 0.05) is 19.4 Å². The number of ether oxygens (including phenoxy) is 5. The van der Waals surface area contributed by atoms with E-state index in [-0.39, 0.29) is 54.9 Å². The largest absolute Gasteiger partial charge is 0.396 e. The van der Waals surface area contributed by atoms with E-state index in [1.54, 1.807) is 0 Å². The van der Waals surface area contributed by atoms with E-state index < -0.39 is 5.79 Å². The molecule has 248 valence electrons. The van der Waals surface area contributed by atoms with E-state index >= 15 is 0 Å². The Morgan fingerprint density at radius 1 is 0.977 bits per heavy atom. The summed E-state index contributed by atoms with van der Waals surface area (Å²) in [5, 5.41) is 18.9. The third-order valence-electron chi connectivity index (χ3n) is 10.7. The van der Waals surface area contributed by atoms with Crippen molar-refractivity contribution >= 4 is 0 Å². The summed E-state index contributed by atoms with van der Waals surface area (Å²) in [7, 11) is 0. The van der Waals surface area contributed by atoms with Crippen molar-refractivity contribution < 1.29 is 33.9 Å². The molecule has 0 amide bonds. The molecule has 4 heterocycles. The van der Waals surface area contributed by atoms with Gasteiger partial charge < -0.3 is 33.9 Å². The molecule has 43 heavy (non-hydrogen) atoms. The van der Waals surface area contributed by atoms with E-state index in [0.29, 0.717) is 23.9 Å². The molecule has 7 heteroatoms. The maximum atomic E-state index is 10.1. The van der Waals surface area contributed by atoms with Gasteiger partial charge in [0.05, 0.1) is 48.3 Å². The van der Waals surface area contributed by atoms with Gasteiger partial charge in [-0.2, -0.15) is 0 Å². The van der Waals surface area contributed by atoms with Crippen LogP contribution in [0.3, 0.4) is 0 Å². The lowest BCUT2D eigenvalue weighted by Crippen LogP contribution is -2.53. The van der Waals surface area contributed by atoms with Crippen LogP contribution in [0.4, 0.5) is 0 Å². The lowest BCUT2D eigenvalue weighted by atomic mass is 9.75. The van der Waals surface area contributed by atoms with E-state index in [1.807, 2.05) is 20.8 Å². The summed E-state index contributed by atoms with van der Waals surface area (Å²) < 4.78 is 31.3. The quantitative estimate of drug-likeness (QED) is 0.234. The van der Waals surface area contributed by atoms with E-state index in [9.17, 15) is 5.11 Å². The predicted molar refractivity (Wildman–Crippen MR) is 170 cm³/mol. The molecule has 5 rings (SSSR count). The Kier molecular flexibility index (Phi) is 12.0. The second-order valence-corrected chi connectivity index (χ2v) is 15.2. The van der Waals surface area contributed by atoms with Gasteiger partial charge in [-0.15, -0.1) is 0 Å². The molecule has 0 aromatic carbocycles. The fourth-order valence-electron chi connectivity index (χ4n) is 7.66. The van der Waals surface area contributed by atoms with E-state index in [4.69, 9.17) is 28.8 Å². The van der Waals surface area contributed by atoms with Crippen molar-refractivity contribution in [2.45, 2.75) is 179 Å². The zero-order valence-corrected chi connectivity index (χ0v) is 28.2. The monoisotopic (exact) mass is 606 g/mol. The van der Waals surface area contributed by atoms with Gasteiger partial charge >= 0.3 is 0 Å². The summed E-state index contributed by atoms with van der Waals surface area (Å²) in [4.78, 5) is 0. The van der Waals surface area contributed by atoms with Crippen molar-refractivity contribution in [3.63, 3.8) is 0 Å². The highest BCUT2D eigenvalue weighted by Crippen LogP contribution is 2.54. The molecule has 1 aliphatic carbocycles. The Morgan fingerprint density at radius 3 is 2.37 bits per heavy atom. The van der Waals surface area contributed by atoms with Crippen molar-refractivity contribution in [1.82, 2.24) is 0 Å². The lowest BCUT2D eigenvalue weighted by Gasteiger charge is -2.45. The normalized spacial score (nSPS) is 38.2. The summed E-state index contributed by atoms with van der Waals surface area (Å²) in [5.41, 5.74) is 2.12. The van der Waals surface area contributed by atoms with Crippen LogP contribution in [0, 0.1) is 17.8 Å². The lowest BCUT2D eigenvalue weighted by molar-refractivity contribution is -0.194. The maximum Gasteiger partial charge on any atom is 0.163 e. The SMILES string of the molecule is C=C(C)[C@H](C)C[C@H](O)CC[C@@H]1O[C@@H](CCCO)CC1=C.CC(C)[C@H](C)CC1CC[C@@H]2O[C@@H]3C[C@]2(C[C@H]2OC(C)(C)O[C@@H]32)O1. The highest BCUT2D eigenvalue weighted by Gasteiger charge is 2.64. The molecule has 7 nitrogen and oxygen atoms in total. The van der Waals surface area contributed by atoms with Gasteiger partial charge in [-0.1, -0.05) is 46.4 Å². The van der Waals surface area contributed by atoms with Crippen LogP contribution in [-0.4, -0.2) is 77.0 Å². The van der Waals surface area contributed by atoms with Crippen LogP contribution in [0.5, 0.6) is 0 Å². The van der Waals surface area contributed by atoms with E-state index in [0.717, 1.165) is 81.8 Å². The van der Waals surface area contributed by atoms with Gasteiger partial charge in [0.25, 0.3) is 0 Å². The van der Waals surface area contributed by atoms with Gasteiger partial charge in [0.2, 0.25) is 0 Å². The van der Waals surface area contributed by atoms with Crippen molar-refractivity contribution in [2.75, 3.05) is 6.61 Å². The fraction of sp³-hybridized carbons (Fsp3) is 0.889. The molecule has 4 saturated heterocycles. The number of aliphatic hydroxyl groups excluding tert-OH is 2. The van der Waals surface area contributed by atoms with Crippen molar-refractivity contribution in [3.8, 4) is 0 Å². The summed E-state index contributed by atoms with van der Waals surface area (Å²) in [5.74, 6) is 1.28. The summed E-state index contributed by atoms with van der Waals surface area (Å²) in [6.07, 6.45) is 11.1. The number of hydrogen-bond acceptors (Lipinski definition) is 7. The second kappa shape index (κ2) is 14.7. The molecular formula is C36H62O7. The maximum absolute atomic E-state index is 10.1. The summed E-state index contributed by atoms with van der Waals surface area (Å²) in [6, 6.07) is 0. The Hall–Kier alpha value is -0.800. The van der Waals surface area contributed by atoms with E-state index in [2.05, 4.69) is 40.9 Å². The second-order valence-electron chi connectivity index (χ2n) is 15.2. The van der Waals surface area contributed by atoms with Crippen LogP contribution in [-0.2, 0) is 23.7 Å². The first-order valence-electron chi connectivity index (χ1n) is 17.2. The average Bonchev–Trinajstić information content (AvgIpc) is 3.55. The number of fused-ring (bicyclic) bond motifs is 3.